The lowest BCUT2D eigenvalue weighted by Gasteiger charge is -2.19. The Kier molecular flexibility index (Phi) is 4.58. The highest BCUT2D eigenvalue weighted by Crippen LogP contribution is 2.24. The van der Waals surface area contributed by atoms with Gasteiger partial charge in [0.25, 0.3) is 0 Å². The zero-order valence-corrected chi connectivity index (χ0v) is 13.0. The molecule has 3 N–H and O–H groups in total. The van der Waals surface area contributed by atoms with Crippen LogP contribution in [-0.4, -0.2) is 36.1 Å². The molecule has 0 aliphatic rings. The largest absolute Gasteiger partial charge is 0.347 e. The van der Waals surface area contributed by atoms with Gasteiger partial charge in [0.2, 0.25) is 17.8 Å². The zero-order valence-electron chi connectivity index (χ0n) is 11.5. The fourth-order valence-electron chi connectivity index (χ4n) is 1.53. The molecular weight excluding hydrogens is 298 g/mol. The zero-order chi connectivity index (χ0) is 14.7. The summed E-state index contributed by atoms with van der Waals surface area (Å²) in [6, 6.07) is 3.86. The summed E-state index contributed by atoms with van der Waals surface area (Å²) in [5.74, 6) is 6.80. The molecule has 2 aromatic rings. The van der Waals surface area contributed by atoms with Crippen LogP contribution < -0.4 is 21.1 Å². The van der Waals surface area contributed by atoms with Gasteiger partial charge >= 0.3 is 0 Å². The number of nitrogens with two attached hydrogens (primary N) is 1. The lowest BCUT2D eigenvalue weighted by Crippen LogP contribution is -2.23. The van der Waals surface area contributed by atoms with E-state index in [-0.39, 0.29) is 0 Å². The molecule has 2 rings (SSSR count). The minimum atomic E-state index is 0.328. The number of nitrogen functional groups attached to an aromatic ring is 1. The molecule has 9 heteroatoms. The lowest BCUT2D eigenvalue weighted by atomic mass is 10.4. The first-order valence-electron chi connectivity index (χ1n) is 5.85. The molecule has 0 spiro atoms. The van der Waals surface area contributed by atoms with Gasteiger partial charge in [0.1, 0.15) is 0 Å². The summed E-state index contributed by atoms with van der Waals surface area (Å²) in [6.07, 6.45) is 0. The second kappa shape index (κ2) is 6.21. The highest BCUT2D eigenvalue weighted by molar-refractivity contribution is 7.16. The second-order valence-corrected chi connectivity index (χ2v) is 6.16. The number of anilines is 3. The van der Waals surface area contributed by atoms with Gasteiger partial charge in [-0.15, -0.1) is 11.3 Å². The van der Waals surface area contributed by atoms with Crippen LogP contribution >= 0.6 is 22.9 Å². The van der Waals surface area contributed by atoms with Crippen LogP contribution in [0.1, 0.15) is 4.88 Å². The van der Waals surface area contributed by atoms with Gasteiger partial charge in [0.05, 0.1) is 10.9 Å². The number of halogens is 1. The Labute approximate surface area is 126 Å². The van der Waals surface area contributed by atoms with Gasteiger partial charge in [-0.2, -0.15) is 15.0 Å². The average Bonchev–Trinajstić information content (AvgIpc) is 2.83. The van der Waals surface area contributed by atoms with Crippen molar-refractivity contribution in [1.29, 1.82) is 0 Å². The number of nitrogens with one attached hydrogen (secondary N) is 1. The Bertz CT molecular complexity index is 586. The van der Waals surface area contributed by atoms with E-state index < -0.39 is 0 Å². The molecule has 20 heavy (non-hydrogen) atoms. The third kappa shape index (κ3) is 3.47. The SMILES string of the molecule is CN(C)c1nc(NN)nc(N(C)Cc2ccc(Cl)s2)n1. The van der Waals surface area contributed by atoms with Crippen LogP contribution in [0.5, 0.6) is 0 Å². The summed E-state index contributed by atoms with van der Waals surface area (Å²) in [5.41, 5.74) is 2.45. The van der Waals surface area contributed by atoms with Crippen LogP contribution in [0.2, 0.25) is 4.34 Å². The first kappa shape index (κ1) is 14.8. The molecular formula is C11H16ClN7S. The number of aromatic nitrogens is 3. The van der Waals surface area contributed by atoms with E-state index in [1.807, 2.05) is 38.2 Å². The van der Waals surface area contributed by atoms with Crippen LogP contribution in [-0.2, 0) is 6.54 Å². The summed E-state index contributed by atoms with van der Waals surface area (Å²) in [6.45, 7) is 0.665. The van der Waals surface area contributed by atoms with Crippen LogP contribution in [0.4, 0.5) is 17.8 Å². The predicted molar refractivity (Wildman–Crippen MR) is 83.4 cm³/mol. The normalized spacial score (nSPS) is 10.4. The van der Waals surface area contributed by atoms with E-state index in [2.05, 4.69) is 20.4 Å². The first-order valence-corrected chi connectivity index (χ1v) is 7.04. The molecule has 0 amide bonds. The highest BCUT2D eigenvalue weighted by atomic mass is 35.5. The van der Waals surface area contributed by atoms with Crippen molar-refractivity contribution < 1.29 is 0 Å². The minimum Gasteiger partial charge on any atom is -0.347 e. The third-order valence-corrected chi connectivity index (χ3v) is 3.72. The Hall–Kier alpha value is -1.64. The van der Waals surface area contributed by atoms with E-state index in [0.717, 1.165) is 9.21 Å². The number of hydrogen-bond donors (Lipinski definition) is 2. The summed E-state index contributed by atoms with van der Waals surface area (Å²) < 4.78 is 0.766. The standard InChI is InChI=1S/C11H16ClN7S/c1-18(2)10-14-9(17-13)15-11(16-10)19(3)6-7-4-5-8(12)20-7/h4-5H,6,13H2,1-3H3,(H,14,15,16,17). The summed E-state index contributed by atoms with van der Waals surface area (Å²) in [5, 5.41) is 0. The molecule has 0 aliphatic heterocycles. The van der Waals surface area contributed by atoms with Gasteiger partial charge < -0.3 is 9.80 Å². The monoisotopic (exact) mass is 313 g/mol. The van der Waals surface area contributed by atoms with Gasteiger partial charge in [-0.25, -0.2) is 5.84 Å². The van der Waals surface area contributed by atoms with Crippen LogP contribution in [0, 0.1) is 0 Å². The van der Waals surface area contributed by atoms with Crippen molar-refractivity contribution in [2.75, 3.05) is 36.4 Å². The van der Waals surface area contributed by atoms with Crippen molar-refractivity contribution in [2.24, 2.45) is 5.84 Å². The fraction of sp³-hybridized carbons (Fsp3) is 0.364. The maximum atomic E-state index is 5.93. The molecule has 0 unspecified atom stereocenters. The van der Waals surface area contributed by atoms with E-state index in [9.17, 15) is 0 Å². The van der Waals surface area contributed by atoms with Crippen molar-refractivity contribution in [1.82, 2.24) is 15.0 Å². The maximum absolute atomic E-state index is 5.93. The van der Waals surface area contributed by atoms with Crippen molar-refractivity contribution in [3.05, 3.63) is 21.3 Å². The number of hydrazine groups is 1. The second-order valence-electron chi connectivity index (χ2n) is 4.36. The number of hydrogen-bond acceptors (Lipinski definition) is 8. The summed E-state index contributed by atoms with van der Waals surface area (Å²) in [4.78, 5) is 17.6. The molecule has 7 nitrogen and oxygen atoms in total. The van der Waals surface area contributed by atoms with Crippen molar-refractivity contribution in [3.63, 3.8) is 0 Å². The Morgan fingerprint density at radius 2 is 1.90 bits per heavy atom. The molecule has 0 aromatic carbocycles. The van der Waals surface area contributed by atoms with E-state index in [1.54, 1.807) is 4.90 Å². The number of thiophene rings is 1. The van der Waals surface area contributed by atoms with Gasteiger partial charge in [0, 0.05) is 26.0 Å². The molecule has 0 atom stereocenters. The quantitative estimate of drug-likeness (QED) is 0.640. The fourth-order valence-corrected chi connectivity index (χ4v) is 2.67. The third-order valence-electron chi connectivity index (χ3n) is 2.50. The van der Waals surface area contributed by atoms with Crippen LogP contribution in [0.3, 0.4) is 0 Å². The van der Waals surface area contributed by atoms with E-state index >= 15 is 0 Å². The predicted octanol–water partition coefficient (Wildman–Crippen LogP) is 1.57. The van der Waals surface area contributed by atoms with Crippen LogP contribution in [0.25, 0.3) is 0 Å². The van der Waals surface area contributed by atoms with Crippen molar-refractivity contribution in [2.45, 2.75) is 6.54 Å². The van der Waals surface area contributed by atoms with E-state index in [0.29, 0.717) is 24.4 Å². The Morgan fingerprint density at radius 3 is 2.45 bits per heavy atom. The van der Waals surface area contributed by atoms with Crippen LogP contribution in [0.15, 0.2) is 12.1 Å². The van der Waals surface area contributed by atoms with E-state index in [4.69, 9.17) is 17.4 Å². The molecule has 0 saturated carbocycles. The van der Waals surface area contributed by atoms with Crippen molar-refractivity contribution >= 4 is 40.8 Å². The number of rotatable bonds is 5. The van der Waals surface area contributed by atoms with Gasteiger partial charge in [0.15, 0.2) is 0 Å². The summed E-state index contributed by atoms with van der Waals surface area (Å²) >= 11 is 7.46. The molecule has 2 aromatic heterocycles. The highest BCUT2D eigenvalue weighted by Gasteiger charge is 2.12. The van der Waals surface area contributed by atoms with Gasteiger partial charge in [-0.1, -0.05) is 11.6 Å². The summed E-state index contributed by atoms with van der Waals surface area (Å²) in [7, 11) is 5.62. The Balaban J connectivity index is 2.24. The molecule has 0 fully saturated rings. The smallest absolute Gasteiger partial charge is 0.243 e. The Morgan fingerprint density at radius 1 is 1.20 bits per heavy atom. The first-order chi connectivity index (χ1) is 9.49. The molecule has 0 bridgehead atoms. The molecule has 108 valence electrons. The maximum Gasteiger partial charge on any atom is 0.243 e. The molecule has 0 saturated heterocycles. The van der Waals surface area contributed by atoms with E-state index in [1.165, 1.54) is 11.3 Å². The van der Waals surface area contributed by atoms with Crippen molar-refractivity contribution in [3.8, 4) is 0 Å². The lowest BCUT2D eigenvalue weighted by molar-refractivity contribution is 0.850. The molecule has 0 radical (unpaired) electrons. The minimum absolute atomic E-state index is 0.328. The molecule has 2 heterocycles. The van der Waals surface area contributed by atoms with Gasteiger partial charge in [-0.05, 0) is 12.1 Å². The molecule has 0 aliphatic carbocycles. The average molecular weight is 314 g/mol. The number of nitrogens with zero attached hydrogens (tertiary/aromatic N) is 5. The topological polar surface area (TPSA) is 83.2 Å². The van der Waals surface area contributed by atoms with Gasteiger partial charge in [-0.3, -0.25) is 5.43 Å².